The Kier molecular flexibility index (Phi) is 5.82. The molecule has 2 aliphatic rings. The van der Waals surface area contributed by atoms with Crippen molar-refractivity contribution < 1.29 is 14.5 Å². The van der Waals surface area contributed by atoms with Crippen molar-refractivity contribution in [3.05, 3.63) is 32.8 Å². The van der Waals surface area contributed by atoms with E-state index in [9.17, 15) is 14.9 Å². The normalized spacial score (nSPS) is 24.6. The van der Waals surface area contributed by atoms with E-state index in [1.165, 1.54) is 6.07 Å². The largest absolute Gasteiger partial charge is 0.372 e. The van der Waals surface area contributed by atoms with Gasteiger partial charge in [-0.05, 0) is 38.8 Å². The number of carbonyl (C=O) groups excluding carboxylic acids is 1. The maximum atomic E-state index is 12.8. The molecule has 2 saturated heterocycles. The third-order valence-electron chi connectivity index (χ3n) is 5.05. The van der Waals surface area contributed by atoms with E-state index in [2.05, 4.69) is 15.9 Å². The number of nitrogens with zero attached hydrogens (tertiary/aromatic N) is 3. The first kappa shape index (κ1) is 19.1. The summed E-state index contributed by atoms with van der Waals surface area (Å²) >= 11 is 3.29. The summed E-state index contributed by atoms with van der Waals surface area (Å²) < 4.78 is 6.39. The zero-order chi connectivity index (χ0) is 18.8. The molecule has 8 heteroatoms. The molecule has 3 rings (SSSR count). The van der Waals surface area contributed by atoms with Crippen LogP contribution in [0.5, 0.6) is 0 Å². The highest BCUT2D eigenvalue weighted by molar-refractivity contribution is 9.10. The second-order valence-corrected chi connectivity index (χ2v) is 8.07. The summed E-state index contributed by atoms with van der Waals surface area (Å²) in [4.78, 5) is 27.8. The average Bonchev–Trinajstić information content (AvgIpc) is 2.60. The molecule has 2 aliphatic heterocycles. The minimum Gasteiger partial charge on any atom is -0.372 e. The van der Waals surface area contributed by atoms with Gasteiger partial charge in [-0.2, -0.15) is 0 Å². The van der Waals surface area contributed by atoms with Gasteiger partial charge in [0.1, 0.15) is 5.69 Å². The van der Waals surface area contributed by atoms with E-state index in [1.54, 1.807) is 6.07 Å². The Bertz CT molecular complexity index is 681. The Labute approximate surface area is 161 Å². The van der Waals surface area contributed by atoms with E-state index in [4.69, 9.17) is 4.74 Å². The third kappa shape index (κ3) is 4.17. The lowest BCUT2D eigenvalue weighted by Crippen LogP contribution is -2.51. The lowest BCUT2D eigenvalue weighted by molar-refractivity contribution is -0.384. The van der Waals surface area contributed by atoms with Gasteiger partial charge in [0.25, 0.3) is 5.69 Å². The summed E-state index contributed by atoms with van der Waals surface area (Å²) in [5, 5.41) is 11.3. The van der Waals surface area contributed by atoms with Gasteiger partial charge in [0, 0.05) is 42.6 Å². The number of nitro benzene ring substituents is 1. The standard InChI is InChI=1S/C18H24BrN3O4/c1-12-10-21(11-13(2)26-12)18(23)14-5-7-20(8-6-14)16-4-3-15(19)9-17(16)22(24)25/h3-4,9,12-14H,5-8,10-11H2,1-2H3. The Morgan fingerprint density at radius 2 is 1.85 bits per heavy atom. The van der Waals surface area contributed by atoms with Crippen molar-refractivity contribution >= 4 is 33.2 Å². The monoisotopic (exact) mass is 425 g/mol. The minimum absolute atomic E-state index is 0.0155. The highest BCUT2D eigenvalue weighted by Crippen LogP contribution is 2.34. The number of halogens is 1. The number of morpholine rings is 1. The summed E-state index contributed by atoms with van der Waals surface area (Å²) in [6.07, 6.45) is 1.56. The van der Waals surface area contributed by atoms with Crippen molar-refractivity contribution in [2.45, 2.75) is 38.9 Å². The second-order valence-electron chi connectivity index (χ2n) is 7.15. The molecule has 0 radical (unpaired) electrons. The van der Waals surface area contributed by atoms with Crippen LogP contribution in [0.3, 0.4) is 0 Å². The van der Waals surface area contributed by atoms with Gasteiger partial charge in [-0.15, -0.1) is 0 Å². The first-order chi connectivity index (χ1) is 12.3. The second kappa shape index (κ2) is 7.92. The molecule has 1 aromatic carbocycles. The van der Waals surface area contributed by atoms with Crippen LogP contribution in [-0.4, -0.2) is 54.1 Å². The molecule has 142 valence electrons. The average molecular weight is 426 g/mol. The summed E-state index contributed by atoms with van der Waals surface area (Å²) in [5.41, 5.74) is 0.720. The zero-order valence-electron chi connectivity index (χ0n) is 15.1. The number of hydrogen-bond donors (Lipinski definition) is 0. The minimum atomic E-state index is -0.353. The Morgan fingerprint density at radius 1 is 1.23 bits per heavy atom. The molecule has 0 N–H and O–H groups in total. The van der Waals surface area contributed by atoms with Crippen LogP contribution in [0.4, 0.5) is 11.4 Å². The van der Waals surface area contributed by atoms with Gasteiger partial charge >= 0.3 is 0 Å². The Balaban J connectivity index is 1.64. The van der Waals surface area contributed by atoms with Crippen LogP contribution in [0, 0.1) is 16.0 Å². The molecule has 0 aliphatic carbocycles. The van der Waals surface area contributed by atoms with E-state index in [0.29, 0.717) is 49.2 Å². The van der Waals surface area contributed by atoms with Gasteiger partial charge in [0.2, 0.25) is 5.91 Å². The van der Waals surface area contributed by atoms with Gasteiger partial charge in [-0.25, -0.2) is 0 Å². The number of amides is 1. The first-order valence-corrected chi connectivity index (χ1v) is 9.77. The zero-order valence-corrected chi connectivity index (χ0v) is 16.6. The molecule has 0 bridgehead atoms. The van der Waals surface area contributed by atoms with E-state index < -0.39 is 0 Å². The van der Waals surface area contributed by atoms with Gasteiger partial charge in [0.15, 0.2) is 0 Å². The highest BCUT2D eigenvalue weighted by Gasteiger charge is 2.33. The number of nitro groups is 1. The van der Waals surface area contributed by atoms with Gasteiger partial charge in [-0.3, -0.25) is 14.9 Å². The Hall–Kier alpha value is -1.67. The summed E-state index contributed by atoms with van der Waals surface area (Å²) in [6, 6.07) is 5.12. The number of benzene rings is 1. The van der Waals surface area contributed by atoms with Crippen molar-refractivity contribution in [3.8, 4) is 0 Å². The van der Waals surface area contributed by atoms with Crippen LogP contribution in [0.2, 0.25) is 0 Å². The molecule has 2 heterocycles. The maximum absolute atomic E-state index is 12.8. The Morgan fingerprint density at radius 3 is 2.42 bits per heavy atom. The van der Waals surface area contributed by atoms with Crippen LogP contribution >= 0.6 is 15.9 Å². The van der Waals surface area contributed by atoms with E-state index >= 15 is 0 Å². The molecule has 26 heavy (non-hydrogen) atoms. The molecular weight excluding hydrogens is 402 g/mol. The van der Waals surface area contributed by atoms with Crippen molar-refractivity contribution in [1.82, 2.24) is 4.90 Å². The van der Waals surface area contributed by atoms with E-state index in [0.717, 1.165) is 0 Å². The molecule has 2 fully saturated rings. The first-order valence-electron chi connectivity index (χ1n) is 8.98. The van der Waals surface area contributed by atoms with Crippen LogP contribution in [0.15, 0.2) is 22.7 Å². The number of carbonyl (C=O) groups is 1. The van der Waals surface area contributed by atoms with E-state index in [-0.39, 0.29) is 34.6 Å². The van der Waals surface area contributed by atoms with Crippen molar-refractivity contribution in [3.63, 3.8) is 0 Å². The number of ether oxygens (including phenoxy) is 1. The lowest BCUT2D eigenvalue weighted by Gasteiger charge is -2.39. The van der Waals surface area contributed by atoms with Crippen LogP contribution < -0.4 is 4.90 Å². The molecule has 1 amide bonds. The van der Waals surface area contributed by atoms with Crippen LogP contribution in [-0.2, 0) is 9.53 Å². The van der Waals surface area contributed by atoms with Gasteiger partial charge < -0.3 is 14.5 Å². The summed E-state index contributed by atoms with van der Waals surface area (Å²) in [7, 11) is 0. The summed E-state index contributed by atoms with van der Waals surface area (Å²) in [5.74, 6) is 0.176. The molecule has 2 unspecified atom stereocenters. The van der Waals surface area contributed by atoms with Crippen molar-refractivity contribution in [2.24, 2.45) is 5.92 Å². The van der Waals surface area contributed by atoms with Gasteiger partial charge in [0.05, 0.1) is 17.1 Å². The lowest BCUT2D eigenvalue weighted by atomic mass is 9.94. The van der Waals surface area contributed by atoms with Crippen molar-refractivity contribution in [2.75, 3.05) is 31.1 Å². The van der Waals surface area contributed by atoms with Gasteiger partial charge in [-0.1, -0.05) is 15.9 Å². The SMILES string of the molecule is CC1CN(C(=O)C2CCN(c3ccc(Br)cc3[N+](=O)[O-])CC2)CC(C)O1. The topological polar surface area (TPSA) is 75.9 Å². The molecule has 0 aromatic heterocycles. The molecule has 0 saturated carbocycles. The molecule has 7 nitrogen and oxygen atoms in total. The van der Waals surface area contributed by atoms with Crippen LogP contribution in [0.25, 0.3) is 0 Å². The number of piperidine rings is 1. The maximum Gasteiger partial charge on any atom is 0.293 e. The van der Waals surface area contributed by atoms with Crippen molar-refractivity contribution in [1.29, 1.82) is 0 Å². The fraction of sp³-hybridized carbons (Fsp3) is 0.611. The molecule has 0 spiro atoms. The third-order valence-corrected chi connectivity index (χ3v) is 5.54. The number of hydrogen-bond acceptors (Lipinski definition) is 5. The van der Waals surface area contributed by atoms with Crippen LogP contribution in [0.1, 0.15) is 26.7 Å². The predicted octanol–water partition coefficient (Wildman–Crippen LogP) is 3.21. The summed E-state index contributed by atoms with van der Waals surface area (Å²) in [6.45, 7) is 6.56. The fourth-order valence-corrected chi connectivity index (χ4v) is 4.24. The molecule has 2 atom stereocenters. The number of rotatable bonds is 3. The molecular formula is C18H24BrN3O4. The smallest absolute Gasteiger partial charge is 0.293 e. The van der Waals surface area contributed by atoms with E-state index in [1.807, 2.05) is 29.7 Å². The predicted molar refractivity (Wildman–Crippen MR) is 102 cm³/mol. The molecule has 1 aromatic rings. The highest BCUT2D eigenvalue weighted by atomic mass is 79.9. The fourth-order valence-electron chi connectivity index (χ4n) is 3.89. The number of anilines is 1. The quantitative estimate of drug-likeness (QED) is 0.548.